The molecule has 0 saturated heterocycles. The van der Waals surface area contributed by atoms with Crippen molar-refractivity contribution < 1.29 is 14.3 Å². The fourth-order valence-electron chi connectivity index (χ4n) is 3.24. The molecule has 3 aliphatic carbocycles. The van der Waals surface area contributed by atoms with Crippen LogP contribution in [0, 0.1) is 23.2 Å². The fourth-order valence-corrected chi connectivity index (χ4v) is 3.24. The minimum Gasteiger partial charge on any atom is -0.481 e. The summed E-state index contributed by atoms with van der Waals surface area (Å²) in [4.78, 5) is 10.5. The Morgan fingerprint density at radius 1 is 1.50 bits per heavy atom. The second-order valence-corrected chi connectivity index (χ2v) is 5.40. The summed E-state index contributed by atoms with van der Waals surface area (Å²) in [5.41, 5.74) is 0.106. The standard InChI is InChI=1S/C11H17FO2/c1-11(2)7-3-6(4-9(13)14)10(12)8(11)5-7/h6-8,10H,3-5H2,1-2H3,(H,13,14)/t6-,7+,8+,10?/m1/s1. The van der Waals surface area contributed by atoms with Gasteiger partial charge < -0.3 is 5.11 Å². The van der Waals surface area contributed by atoms with Crippen LogP contribution in [0.2, 0.25) is 0 Å². The maximum absolute atomic E-state index is 13.9. The molecule has 0 amide bonds. The monoisotopic (exact) mass is 200 g/mol. The summed E-state index contributed by atoms with van der Waals surface area (Å²) in [6.07, 6.45) is 0.831. The second kappa shape index (κ2) is 2.94. The van der Waals surface area contributed by atoms with E-state index in [0.29, 0.717) is 5.92 Å². The number of carboxylic acids is 1. The molecule has 1 unspecified atom stereocenters. The van der Waals surface area contributed by atoms with Crippen LogP contribution < -0.4 is 0 Å². The van der Waals surface area contributed by atoms with Gasteiger partial charge in [-0.25, -0.2) is 4.39 Å². The maximum Gasteiger partial charge on any atom is 0.303 e. The highest BCUT2D eigenvalue weighted by Crippen LogP contribution is 2.61. The predicted molar refractivity (Wildman–Crippen MR) is 50.6 cm³/mol. The van der Waals surface area contributed by atoms with Gasteiger partial charge in [-0.15, -0.1) is 0 Å². The van der Waals surface area contributed by atoms with Crippen molar-refractivity contribution in [2.45, 2.75) is 39.3 Å². The van der Waals surface area contributed by atoms with Crippen LogP contribution in [0.15, 0.2) is 0 Å². The zero-order valence-corrected chi connectivity index (χ0v) is 8.66. The minimum absolute atomic E-state index is 0.00421. The number of fused-ring (bicyclic) bond motifs is 2. The van der Waals surface area contributed by atoms with Gasteiger partial charge in [-0.05, 0) is 30.1 Å². The van der Waals surface area contributed by atoms with E-state index in [0.717, 1.165) is 12.8 Å². The molecule has 0 spiro atoms. The summed E-state index contributed by atoms with van der Waals surface area (Å²) < 4.78 is 13.9. The third-order valence-electron chi connectivity index (χ3n) is 4.41. The van der Waals surface area contributed by atoms with Crippen molar-refractivity contribution in [1.29, 1.82) is 0 Å². The van der Waals surface area contributed by atoms with Crippen LogP contribution in [-0.2, 0) is 4.79 Å². The van der Waals surface area contributed by atoms with E-state index in [-0.39, 0.29) is 23.7 Å². The van der Waals surface area contributed by atoms with Crippen molar-refractivity contribution in [1.82, 2.24) is 0 Å². The topological polar surface area (TPSA) is 37.3 Å². The molecular weight excluding hydrogens is 183 g/mol. The van der Waals surface area contributed by atoms with Crippen molar-refractivity contribution in [3.8, 4) is 0 Å². The summed E-state index contributed by atoms with van der Waals surface area (Å²) in [6, 6.07) is 0. The predicted octanol–water partition coefficient (Wildman–Crippen LogP) is 2.48. The van der Waals surface area contributed by atoms with Gasteiger partial charge in [0.2, 0.25) is 0 Å². The highest BCUT2D eigenvalue weighted by molar-refractivity contribution is 5.67. The quantitative estimate of drug-likeness (QED) is 0.743. The van der Waals surface area contributed by atoms with Crippen LogP contribution in [0.3, 0.4) is 0 Å². The first-order chi connectivity index (χ1) is 6.43. The van der Waals surface area contributed by atoms with Crippen LogP contribution in [-0.4, -0.2) is 17.2 Å². The smallest absolute Gasteiger partial charge is 0.303 e. The third kappa shape index (κ3) is 1.25. The summed E-state index contributed by atoms with van der Waals surface area (Å²) in [5.74, 6) is -0.449. The molecule has 0 aromatic heterocycles. The lowest BCUT2D eigenvalue weighted by atomic mass is 9.46. The van der Waals surface area contributed by atoms with Gasteiger partial charge >= 0.3 is 5.97 Å². The van der Waals surface area contributed by atoms with Crippen LogP contribution in [0.5, 0.6) is 0 Å². The Bertz CT molecular complexity index is 262. The molecule has 80 valence electrons. The van der Waals surface area contributed by atoms with Crippen molar-refractivity contribution >= 4 is 5.97 Å². The average molecular weight is 200 g/mol. The Labute approximate surface area is 83.5 Å². The minimum atomic E-state index is -0.897. The SMILES string of the molecule is CC1(C)[C@H]2C[C@H](CC(=O)O)C(F)[C@@H]1C2. The maximum atomic E-state index is 13.9. The Balaban J connectivity index is 2.04. The molecule has 3 fully saturated rings. The zero-order valence-electron chi connectivity index (χ0n) is 8.66. The average Bonchev–Trinajstić information content (AvgIpc) is 2.06. The van der Waals surface area contributed by atoms with E-state index in [2.05, 4.69) is 13.8 Å². The molecule has 1 N–H and O–H groups in total. The molecule has 3 rings (SSSR count). The highest BCUT2D eigenvalue weighted by Gasteiger charge is 2.58. The zero-order chi connectivity index (χ0) is 10.5. The number of aliphatic carboxylic acids is 1. The van der Waals surface area contributed by atoms with Crippen LogP contribution in [0.1, 0.15) is 33.1 Å². The molecule has 0 aromatic rings. The molecule has 3 aliphatic rings. The van der Waals surface area contributed by atoms with Crippen molar-refractivity contribution in [3.05, 3.63) is 0 Å². The Morgan fingerprint density at radius 2 is 2.14 bits per heavy atom. The van der Waals surface area contributed by atoms with E-state index in [4.69, 9.17) is 5.11 Å². The molecule has 2 bridgehead atoms. The van der Waals surface area contributed by atoms with E-state index in [1.165, 1.54) is 0 Å². The molecule has 3 heteroatoms. The van der Waals surface area contributed by atoms with Crippen molar-refractivity contribution in [2.75, 3.05) is 0 Å². The number of halogens is 1. The van der Waals surface area contributed by atoms with Gasteiger partial charge in [-0.3, -0.25) is 4.79 Å². The molecule has 4 atom stereocenters. The number of alkyl halides is 1. The summed E-state index contributed by atoms with van der Waals surface area (Å²) in [7, 11) is 0. The number of hydrogen-bond donors (Lipinski definition) is 1. The van der Waals surface area contributed by atoms with Gasteiger partial charge in [-0.2, -0.15) is 0 Å². The van der Waals surface area contributed by atoms with Gasteiger partial charge in [0.1, 0.15) is 6.17 Å². The van der Waals surface area contributed by atoms with Gasteiger partial charge in [0, 0.05) is 5.92 Å². The Hall–Kier alpha value is -0.600. The van der Waals surface area contributed by atoms with Crippen LogP contribution >= 0.6 is 0 Å². The van der Waals surface area contributed by atoms with E-state index in [9.17, 15) is 9.18 Å². The van der Waals surface area contributed by atoms with Gasteiger partial charge in [-0.1, -0.05) is 13.8 Å². The van der Waals surface area contributed by atoms with Crippen LogP contribution in [0.25, 0.3) is 0 Å². The first-order valence-corrected chi connectivity index (χ1v) is 5.28. The van der Waals surface area contributed by atoms with Gasteiger partial charge in [0.15, 0.2) is 0 Å². The highest BCUT2D eigenvalue weighted by atomic mass is 19.1. The molecule has 0 radical (unpaired) electrons. The summed E-state index contributed by atoms with van der Waals surface area (Å²) >= 11 is 0. The third-order valence-corrected chi connectivity index (χ3v) is 4.41. The number of carboxylic acid groups (broad SMARTS) is 1. The van der Waals surface area contributed by atoms with Crippen LogP contribution in [0.4, 0.5) is 4.39 Å². The van der Waals surface area contributed by atoms with E-state index < -0.39 is 12.1 Å². The van der Waals surface area contributed by atoms with Gasteiger partial charge in [0.05, 0.1) is 6.42 Å². The lowest BCUT2D eigenvalue weighted by Gasteiger charge is -2.60. The number of carbonyl (C=O) groups is 1. The molecule has 3 saturated carbocycles. The second-order valence-electron chi connectivity index (χ2n) is 5.40. The molecule has 14 heavy (non-hydrogen) atoms. The van der Waals surface area contributed by atoms with Crippen molar-refractivity contribution in [3.63, 3.8) is 0 Å². The Morgan fingerprint density at radius 3 is 2.57 bits per heavy atom. The molecule has 2 nitrogen and oxygen atoms in total. The van der Waals surface area contributed by atoms with Crippen molar-refractivity contribution in [2.24, 2.45) is 23.2 Å². The Kier molecular flexibility index (Phi) is 2.09. The largest absolute Gasteiger partial charge is 0.481 e. The van der Waals surface area contributed by atoms with E-state index >= 15 is 0 Å². The lowest BCUT2D eigenvalue weighted by molar-refractivity contribution is -0.157. The molecule has 0 aliphatic heterocycles. The first kappa shape index (κ1) is 9.94. The fraction of sp³-hybridized carbons (Fsp3) is 0.909. The first-order valence-electron chi connectivity index (χ1n) is 5.28. The molecular formula is C11H17FO2. The number of rotatable bonds is 2. The van der Waals surface area contributed by atoms with E-state index in [1.54, 1.807) is 0 Å². The number of hydrogen-bond acceptors (Lipinski definition) is 1. The van der Waals surface area contributed by atoms with E-state index in [1.807, 2.05) is 0 Å². The summed E-state index contributed by atoms with van der Waals surface area (Å²) in [6.45, 7) is 4.21. The molecule has 0 aromatic carbocycles. The van der Waals surface area contributed by atoms with Gasteiger partial charge in [0.25, 0.3) is 0 Å². The molecule has 0 heterocycles. The summed E-state index contributed by atoms with van der Waals surface area (Å²) in [5, 5.41) is 8.65. The lowest BCUT2D eigenvalue weighted by Crippen LogP contribution is -2.57. The normalized spacial score (nSPS) is 44.2.